The summed E-state index contributed by atoms with van der Waals surface area (Å²) in [5.74, 6) is 2.53. The number of rotatable bonds is 8. The maximum atomic E-state index is 5.93. The second kappa shape index (κ2) is 11.8. The van der Waals surface area contributed by atoms with Gasteiger partial charge in [0.25, 0.3) is 5.89 Å². The van der Waals surface area contributed by atoms with Gasteiger partial charge < -0.3 is 24.5 Å². The average molecular weight is 548 g/mol. The summed E-state index contributed by atoms with van der Waals surface area (Å²) in [7, 11) is 0. The Morgan fingerprint density at radius 3 is 2.51 bits per heavy atom. The zero-order valence-electron chi connectivity index (χ0n) is 22.2. The third-order valence-corrected chi connectivity index (χ3v) is 7.66. The van der Waals surface area contributed by atoms with Crippen molar-refractivity contribution in [2.75, 3.05) is 36.9 Å². The number of hydrogen-bond donors (Lipinski definition) is 2. The third kappa shape index (κ3) is 6.62. The zero-order chi connectivity index (χ0) is 26.6. The first-order valence-corrected chi connectivity index (χ1v) is 14.2. The van der Waals surface area contributed by atoms with Crippen LogP contribution in [0.5, 0.6) is 0 Å². The zero-order valence-corrected chi connectivity index (χ0v) is 23.0. The standard InChI is InChI=1S/C28H33N7O3S/c1-18-15-35(16-19(2)37-18)17-20-12-24(30-22-8-10-36-11-9-22)31-25(13-20)32-28-29-14-23(39-28)27-34-33-26(38-27)21-6-4-3-5-7-21/h3-7,12-14,18-19,22H,8-11,15-17H2,1-2H3,(H2,29,30,31,32)/t18-,19+. The van der Waals surface area contributed by atoms with Gasteiger partial charge in [0.05, 0.1) is 18.4 Å². The first-order chi connectivity index (χ1) is 19.1. The molecule has 4 aromatic rings. The number of pyridine rings is 1. The van der Waals surface area contributed by atoms with E-state index < -0.39 is 0 Å². The topological polar surface area (TPSA) is 110 Å². The van der Waals surface area contributed by atoms with E-state index in [0.717, 1.165) is 67.8 Å². The SMILES string of the molecule is C[C@@H]1CN(Cc2cc(Nc3ncc(-c4nnc(-c5ccccc5)o4)s3)nc(NC3CCOCC3)c2)C[C@H](C)O1. The highest BCUT2D eigenvalue weighted by atomic mass is 32.1. The summed E-state index contributed by atoms with van der Waals surface area (Å²) in [5.41, 5.74) is 2.07. The molecule has 204 valence electrons. The molecule has 0 unspecified atom stereocenters. The molecule has 2 aliphatic heterocycles. The van der Waals surface area contributed by atoms with E-state index in [-0.39, 0.29) is 12.2 Å². The minimum atomic E-state index is 0.217. The molecule has 6 rings (SSSR count). The lowest BCUT2D eigenvalue weighted by atomic mass is 10.1. The molecule has 0 amide bonds. The van der Waals surface area contributed by atoms with E-state index in [1.54, 1.807) is 6.20 Å². The Kier molecular flexibility index (Phi) is 7.82. The lowest BCUT2D eigenvalue weighted by molar-refractivity contribution is -0.0704. The van der Waals surface area contributed by atoms with E-state index in [2.05, 4.69) is 56.7 Å². The summed E-state index contributed by atoms with van der Waals surface area (Å²) in [5, 5.41) is 16.2. The van der Waals surface area contributed by atoms with Crippen LogP contribution in [0.25, 0.3) is 22.2 Å². The normalized spacial score (nSPS) is 20.7. The van der Waals surface area contributed by atoms with Gasteiger partial charge in [-0.2, -0.15) is 0 Å². The van der Waals surface area contributed by atoms with Crippen LogP contribution in [0.1, 0.15) is 32.3 Å². The van der Waals surface area contributed by atoms with Crippen molar-refractivity contribution in [3.8, 4) is 22.2 Å². The van der Waals surface area contributed by atoms with Gasteiger partial charge in [0.1, 0.15) is 16.5 Å². The lowest BCUT2D eigenvalue weighted by Gasteiger charge is -2.35. The minimum Gasteiger partial charge on any atom is -0.415 e. The molecule has 0 bridgehead atoms. The van der Waals surface area contributed by atoms with E-state index >= 15 is 0 Å². The van der Waals surface area contributed by atoms with Crippen LogP contribution in [0.15, 0.2) is 53.1 Å². The molecule has 2 N–H and O–H groups in total. The second-order valence-corrected chi connectivity index (χ2v) is 11.2. The molecule has 0 radical (unpaired) electrons. The maximum absolute atomic E-state index is 5.93. The highest BCUT2D eigenvalue weighted by molar-refractivity contribution is 7.18. The van der Waals surface area contributed by atoms with Crippen LogP contribution >= 0.6 is 11.3 Å². The van der Waals surface area contributed by atoms with Crippen LogP contribution in [-0.2, 0) is 16.0 Å². The van der Waals surface area contributed by atoms with Gasteiger partial charge in [-0.05, 0) is 56.5 Å². The number of benzene rings is 1. The van der Waals surface area contributed by atoms with Crippen LogP contribution in [0.4, 0.5) is 16.8 Å². The summed E-state index contributed by atoms with van der Waals surface area (Å²) in [4.78, 5) is 12.7. The van der Waals surface area contributed by atoms with Gasteiger partial charge in [-0.25, -0.2) is 9.97 Å². The molecule has 11 heteroatoms. The van der Waals surface area contributed by atoms with Gasteiger partial charge in [0.15, 0.2) is 5.13 Å². The summed E-state index contributed by atoms with van der Waals surface area (Å²) in [6.45, 7) is 8.45. The van der Waals surface area contributed by atoms with Crippen molar-refractivity contribution in [2.24, 2.45) is 0 Å². The van der Waals surface area contributed by atoms with Gasteiger partial charge in [-0.1, -0.05) is 29.5 Å². The van der Waals surface area contributed by atoms with Crippen LogP contribution in [0, 0.1) is 0 Å². The molecule has 2 atom stereocenters. The van der Waals surface area contributed by atoms with Gasteiger partial charge in [0, 0.05) is 44.5 Å². The molecule has 2 fully saturated rings. The number of ether oxygens (including phenoxy) is 2. The fourth-order valence-corrected chi connectivity index (χ4v) is 5.84. The van der Waals surface area contributed by atoms with Gasteiger partial charge in [0.2, 0.25) is 5.89 Å². The summed E-state index contributed by atoms with van der Waals surface area (Å²) >= 11 is 1.45. The van der Waals surface area contributed by atoms with Crippen molar-refractivity contribution < 1.29 is 13.9 Å². The predicted molar refractivity (Wildman–Crippen MR) is 151 cm³/mol. The first kappa shape index (κ1) is 25.9. The third-order valence-electron chi connectivity index (χ3n) is 6.76. The molecule has 2 aliphatic rings. The Labute approximate surface area is 231 Å². The summed E-state index contributed by atoms with van der Waals surface area (Å²) in [6.07, 6.45) is 4.12. The summed E-state index contributed by atoms with van der Waals surface area (Å²) < 4.78 is 17.4. The number of anilines is 3. The summed E-state index contributed by atoms with van der Waals surface area (Å²) in [6, 6.07) is 14.3. The Hall–Kier alpha value is -3.38. The quantitative estimate of drug-likeness (QED) is 0.305. The van der Waals surface area contributed by atoms with Crippen LogP contribution in [0.2, 0.25) is 0 Å². The van der Waals surface area contributed by atoms with E-state index in [1.807, 2.05) is 30.3 Å². The number of thiazole rings is 1. The van der Waals surface area contributed by atoms with Crippen LogP contribution in [0.3, 0.4) is 0 Å². The molecule has 10 nitrogen and oxygen atoms in total. The van der Waals surface area contributed by atoms with Crippen molar-refractivity contribution in [1.29, 1.82) is 0 Å². The van der Waals surface area contributed by atoms with Crippen molar-refractivity contribution in [3.63, 3.8) is 0 Å². The molecule has 3 aromatic heterocycles. The van der Waals surface area contributed by atoms with E-state index in [9.17, 15) is 0 Å². The Balaban J connectivity index is 1.21. The van der Waals surface area contributed by atoms with Crippen LogP contribution < -0.4 is 10.6 Å². The van der Waals surface area contributed by atoms with Crippen molar-refractivity contribution in [1.82, 2.24) is 25.1 Å². The number of nitrogens with zero attached hydrogens (tertiary/aromatic N) is 5. The highest BCUT2D eigenvalue weighted by Crippen LogP contribution is 2.32. The van der Waals surface area contributed by atoms with E-state index in [0.29, 0.717) is 23.0 Å². The molecule has 5 heterocycles. The number of nitrogens with one attached hydrogen (secondary N) is 2. The minimum absolute atomic E-state index is 0.217. The number of morpholine rings is 1. The molecule has 39 heavy (non-hydrogen) atoms. The molecular weight excluding hydrogens is 514 g/mol. The number of aromatic nitrogens is 4. The van der Waals surface area contributed by atoms with Gasteiger partial charge in [-0.15, -0.1) is 10.2 Å². The van der Waals surface area contributed by atoms with Crippen molar-refractivity contribution in [3.05, 3.63) is 54.2 Å². The first-order valence-electron chi connectivity index (χ1n) is 13.4. The van der Waals surface area contributed by atoms with Crippen LogP contribution in [-0.4, -0.2) is 69.6 Å². The fourth-order valence-electron chi connectivity index (χ4n) is 5.10. The fraction of sp³-hybridized carbons (Fsp3) is 0.429. The Morgan fingerprint density at radius 2 is 1.72 bits per heavy atom. The monoisotopic (exact) mass is 547 g/mol. The average Bonchev–Trinajstić information content (AvgIpc) is 3.59. The highest BCUT2D eigenvalue weighted by Gasteiger charge is 2.23. The molecule has 2 saturated heterocycles. The van der Waals surface area contributed by atoms with E-state index in [4.69, 9.17) is 18.9 Å². The van der Waals surface area contributed by atoms with Gasteiger partial charge in [-0.3, -0.25) is 4.90 Å². The smallest absolute Gasteiger partial charge is 0.259 e. The lowest BCUT2D eigenvalue weighted by Crippen LogP contribution is -2.44. The molecule has 0 saturated carbocycles. The molecule has 1 aromatic carbocycles. The van der Waals surface area contributed by atoms with Crippen molar-refractivity contribution in [2.45, 2.75) is 51.5 Å². The Morgan fingerprint density at radius 1 is 0.974 bits per heavy atom. The molecule has 0 aliphatic carbocycles. The number of hydrogen-bond acceptors (Lipinski definition) is 11. The molecular formula is C28H33N7O3S. The maximum Gasteiger partial charge on any atom is 0.259 e. The van der Waals surface area contributed by atoms with Crippen molar-refractivity contribution >= 4 is 28.1 Å². The van der Waals surface area contributed by atoms with E-state index in [1.165, 1.54) is 16.9 Å². The largest absolute Gasteiger partial charge is 0.415 e. The molecule has 0 spiro atoms. The Bertz CT molecular complexity index is 1360. The predicted octanol–water partition coefficient (Wildman–Crippen LogP) is 5.20. The second-order valence-electron chi connectivity index (χ2n) is 10.2. The van der Waals surface area contributed by atoms with Gasteiger partial charge >= 0.3 is 0 Å².